The summed E-state index contributed by atoms with van der Waals surface area (Å²) >= 11 is 6.25. The van der Waals surface area contributed by atoms with Crippen molar-refractivity contribution in [2.45, 2.75) is 31.2 Å². The van der Waals surface area contributed by atoms with E-state index >= 15 is 0 Å². The molecule has 3 aliphatic rings. The number of halogens is 1. The van der Waals surface area contributed by atoms with Crippen molar-refractivity contribution < 1.29 is 9.90 Å². The summed E-state index contributed by atoms with van der Waals surface area (Å²) < 4.78 is 0. The molecule has 2 aromatic rings. The van der Waals surface area contributed by atoms with Gasteiger partial charge in [0.2, 0.25) is 0 Å². The van der Waals surface area contributed by atoms with Crippen LogP contribution in [0.1, 0.15) is 52.7 Å². The maximum absolute atomic E-state index is 11.4. The van der Waals surface area contributed by atoms with Gasteiger partial charge in [0.15, 0.2) is 0 Å². The van der Waals surface area contributed by atoms with Gasteiger partial charge >= 0.3 is 5.97 Å². The van der Waals surface area contributed by atoms with Crippen LogP contribution in [0.25, 0.3) is 0 Å². The predicted molar refractivity (Wildman–Crippen MR) is 98.3 cm³/mol. The standard InChI is InChI=1S/C21H20ClNO2/c22-15-3-1-2-13(9-15)20-19-12-5-4-11(8-12)18(19)16-10-14(21(24)25)6-7-17(16)23-20/h1-3,6-7,9-12,18-20,23H,4-5,8H2,(H,24,25). The third-order valence-corrected chi connectivity index (χ3v) is 6.78. The van der Waals surface area contributed by atoms with E-state index < -0.39 is 5.97 Å². The van der Waals surface area contributed by atoms with Crippen molar-refractivity contribution in [2.75, 3.05) is 5.32 Å². The maximum Gasteiger partial charge on any atom is 0.335 e. The Hall–Kier alpha value is -2.00. The number of rotatable bonds is 2. The third kappa shape index (κ3) is 2.29. The molecule has 1 heterocycles. The maximum atomic E-state index is 11.4. The van der Waals surface area contributed by atoms with Crippen molar-refractivity contribution in [3.05, 3.63) is 64.2 Å². The van der Waals surface area contributed by atoms with Crippen LogP contribution in [0.5, 0.6) is 0 Å². The molecule has 4 heteroatoms. The molecular formula is C21H20ClNO2. The molecular weight excluding hydrogens is 334 g/mol. The number of carboxylic acid groups (broad SMARTS) is 1. The Morgan fingerprint density at radius 1 is 1.12 bits per heavy atom. The Bertz CT molecular complexity index is 865. The predicted octanol–water partition coefficient (Wildman–Crippen LogP) is 5.33. The summed E-state index contributed by atoms with van der Waals surface area (Å²) in [5.41, 5.74) is 3.92. The highest BCUT2D eigenvalue weighted by Gasteiger charge is 2.53. The lowest BCUT2D eigenvalue weighted by molar-refractivity contribution is 0.0696. The molecule has 25 heavy (non-hydrogen) atoms. The minimum Gasteiger partial charge on any atom is -0.478 e. The molecule has 5 atom stereocenters. The fourth-order valence-electron chi connectivity index (χ4n) is 5.65. The molecule has 5 rings (SSSR count). The Morgan fingerprint density at radius 3 is 2.76 bits per heavy atom. The number of fused-ring (bicyclic) bond motifs is 7. The average Bonchev–Trinajstić information content (AvgIpc) is 3.22. The molecule has 0 amide bonds. The van der Waals surface area contributed by atoms with E-state index in [0.29, 0.717) is 29.2 Å². The molecule has 2 bridgehead atoms. The quantitative estimate of drug-likeness (QED) is 0.766. The van der Waals surface area contributed by atoms with E-state index in [0.717, 1.165) is 10.7 Å². The van der Waals surface area contributed by atoms with Crippen LogP contribution < -0.4 is 5.32 Å². The topological polar surface area (TPSA) is 49.3 Å². The summed E-state index contributed by atoms with van der Waals surface area (Å²) in [7, 11) is 0. The van der Waals surface area contributed by atoms with Crippen LogP contribution >= 0.6 is 11.6 Å². The lowest BCUT2D eigenvalue weighted by Gasteiger charge is -2.43. The zero-order valence-electron chi connectivity index (χ0n) is 13.8. The Labute approximate surface area is 152 Å². The van der Waals surface area contributed by atoms with Gasteiger partial charge in [-0.05, 0) is 84.4 Å². The summed E-state index contributed by atoms with van der Waals surface area (Å²) in [4.78, 5) is 11.4. The SMILES string of the molecule is O=C(O)c1ccc2c(c1)C1C3CCC(C3)C1C(c1cccc(Cl)c1)N2. The van der Waals surface area contributed by atoms with Gasteiger partial charge in [0.25, 0.3) is 0 Å². The number of benzene rings is 2. The van der Waals surface area contributed by atoms with Gasteiger partial charge in [-0.15, -0.1) is 0 Å². The second-order valence-corrected chi connectivity index (χ2v) is 8.16. The Morgan fingerprint density at radius 2 is 1.96 bits per heavy atom. The van der Waals surface area contributed by atoms with Crippen molar-refractivity contribution in [3.63, 3.8) is 0 Å². The smallest absolute Gasteiger partial charge is 0.335 e. The van der Waals surface area contributed by atoms with Crippen molar-refractivity contribution in [1.29, 1.82) is 0 Å². The van der Waals surface area contributed by atoms with Crippen LogP contribution in [0.3, 0.4) is 0 Å². The zero-order chi connectivity index (χ0) is 17.1. The summed E-state index contributed by atoms with van der Waals surface area (Å²) in [6.07, 6.45) is 3.83. The van der Waals surface area contributed by atoms with Gasteiger partial charge < -0.3 is 10.4 Å². The largest absolute Gasteiger partial charge is 0.478 e. The highest BCUT2D eigenvalue weighted by atomic mass is 35.5. The molecule has 128 valence electrons. The lowest BCUT2D eigenvalue weighted by Crippen LogP contribution is -2.35. The van der Waals surface area contributed by atoms with E-state index in [2.05, 4.69) is 17.4 Å². The van der Waals surface area contributed by atoms with E-state index in [1.807, 2.05) is 24.3 Å². The van der Waals surface area contributed by atoms with E-state index in [-0.39, 0.29) is 6.04 Å². The first-order valence-corrected chi connectivity index (χ1v) is 9.39. The highest BCUT2D eigenvalue weighted by molar-refractivity contribution is 6.30. The van der Waals surface area contributed by atoms with Gasteiger partial charge in [-0.3, -0.25) is 0 Å². The van der Waals surface area contributed by atoms with Crippen LogP contribution in [-0.2, 0) is 0 Å². The van der Waals surface area contributed by atoms with E-state index in [4.69, 9.17) is 11.6 Å². The normalized spacial score (nSPS) is 32.0. The van der Waals surface area contributed by atoms with Gasteiger partial charge in [0, 0.05) is 10.7 Å². The first kappa shape index (κ1) is 15.3. The molecule has 2 N–H and O–H groups in total. The third-order valence-electron chi connectivity index (χ3n) is 6.54. The van der Waals surface area contributed by atoms with Crippen LogP contribution in [0, 0.1) is 17.8 Å². The number of carbonyl (C=O) groups is 1. The number of anilines is 1. The molecule has 0 saturated heterocycles. The van der Waals surface area contributed by atoms with Crippen molar-refractivity contribution in [3.8, 4) is 0 Å². The van der Waals surface area contributed by atoms with Gasteiger partial charge in [-0.25, -0.2) is 4.79 Å². The molecule has 0 spiro atoms. The van der Waals surface area contributed by atoms with Gasteiger partial charge in [-0.2, -0.15) is 0 Å². The zero-order valence-corrected chi connectivity index (χ0v) is 14.5. The molecule has 3 nitrogen and oxygen atoms in total. The van der Waals surface area contributed by atoms with Crippen LogP contribution in [0.15, 0.2) is 42.5 Å². The molecule has 2 aliphatic carbocycles. The average molecular weight is 354 g/mol. The highest BCUT2D eigenvalue weighted by Crippen LogP contribution is 2.63. The molecule has 0 radical (unpaired) electrons. The summed E-state index contributed by atoms with van der Waals surface area (Å²) in [5.74, 6) is 1.53. The van der Waals surface area contributed by atoms with Crippen LogP contribution in [-0.4, -0.2) is 11.1 Å². The molecule has 5 unspecified atom stereocenters. The fraction of sp³-hybridized carbons (Fsp3) is 0.381. The number of hydrogen-bond acceptors (Lipinski definition) is 2. The van der Waals surface area contributed by atoms with E-state index in [1.165, 1.54) is 30.4 Å². The molecule has 2 fully saturated rings. The second-order valence-electron chi connectivity index (χ2n) is 7.72. The van der Waals surface area contributed by atoms with E-state index in [9.17, 15) is 9.90 Å². The number of carboxylic acids is 1. The van der Waals surface area contributed by atoms with Crippen LogP contribution in [0.2, 0.25) is 5.02 Å². The first-order valence-electron chi connectivity index (χ1n) is 9.01. The lowest BCUT2D eigenvalue weighted by atomic mass is 9.68. The molecule has 2 aromatic carbocycles. The fourth-order valence-corrected chi connectivity index (χ4v) is 5.85. The van der Waals surface area contributed by atoms with Crippen molar-refractivity contribution in [2.24, 2.45) is 17.8 Å². The second kappa shape index (κ2) is 5.50. The number of aromatic carboxylic acids is 1. The van der Waals surface area contributed by atoms with Gasteiger partial charge in [0.05, 0.1) is 11.6 Å². The number of nitrogens with one attached hydrogen (secondary N) is 1. The monoisotopic (exact) mass is 353 g/mol. The molecule has 2 saturated carbocycles. The first-order chi connectivity index (χ1) is 12.1. The minimum atomic E-state index is -0.848. The number of hydrogen-bond donors (Lipinski definition) is 2. The van der Waals surface area contributed by atoms with Gasteiger partial charge in [-0.1, -0.05) is 23.7 Å². The van der Waals surface area contributed by atoms with Crippen molar-refractivity contribution >= 4 is 23.3 Å². The van der Waals surface area contributed by atoms with Crippen molar-refractivity contribution in [1.82, 2.24) is 0 Å². The van der Waals surface area contributed by atoms with Gasteiger partial charge in [0.1, 0.15) is 0 Å². The summed E-state index contributed by atoms with van der Waals surface area (Å²) in [5, 5.41) is 13.9. The summed E-state index contributed by atoms with van der Waals surface area (Å²) in [6, 6.07) is 14.0. The molecule has 1 aliphatic heterocycles. The Balaban J connectivity index is 1.64. The van der Waals surface area contributed by atoms with E-state index in [1.54, 1.807) is 6.07 Å². The Kier molecular flexibility index (Phi) is 3.36. The minimum absolute atomic E-state index is 0.252. The summed E-state index contributed by atoms with van der Waals surface area (Å²) in [6.45, 7) is 0. The van der Waals surface area contributed by atoms with Crippen LogP contribution in [0.4, 0.5) is 5.69 Å². The molecule has 0 aromatic heterocycles.